The molecule has 244 valence electrons. The van der Waals surface area contributed by atoms with E-state index in [0.717, 1.165) is 55.7 Å². The molecule has 0 heterocycles. The van der Waals surface area contributed by atoms with Gasteiger partial charge in [-0.2, -0.15) is 0 Å². The summed E-state index contributed by atoms with van der Waals surface area (Å²) in [6.07, 6.45) is 19.4. The van der Waals surface area contributed by atoms with Crippen LogP contribution in [0.25, 0.3) is 11.1 Å². The van der Waals surface area contributed by atoms with Crippen LogP contribution in [-0.2, 0) is 11.2 Å². The number of esters is 2. The Labute approximate surface area is 270 Å². The molecule has 0 amide bonds. The lowest BCUT2D eigenvalue weighted by Crippen LogP contribution is -2.15. The summed E-state index contributed by atoms with van der Waals surface area (Å²) >= 11 is 0. The van der Waals surface area contributed by atoms with Gasteiger partial charge < -0.3 is 9.47 Å². The molecule has 45 heavy (non-hydrogen) atoms. The minimum absolute atomic E-state index is 0.0894. The number of carbonyl (C=O) groups excluding carboxylic acids is 2. The van der Waals surface area contributed by atoms with Crippen LogP contribution in [-0.4, -0.2) is 18.0 Å². The van der Waals surface area contributed by atoms with E-state index in [1.807, 2.05) is 19.1 Å². The van der Waals surface area contributed by atoms with Crippen molar-refractivity contribution in [2.45, 2.75) is 130 Å². The van der Waals surface area contributed by atoms with Gasteiger partial charge in [0.05, 0.1) is 17.2 Å². The highest BCUT2D eigenvalue weighted by molar-refractivity contribution is 5.92. The Balaban J connectivity index is 1.42. The highest BCUT2D eigenvalue weighted by atomic mass is 19.1. The van der Waals surface area contributed by atoms with Crippen LogP contribution in [0.2, 0.25) is 0 Å². The van der Waals surface area contributed by atoms with E-state index >= 15 is 0 Å². The van der Waals surface area contributed by atoms with Gasteiger partial charge in [0.2, 0.25) is 0 Å². The molecule has 1 atom stereocenters. The van der Waals surface area contributed by atoms with E-state index in [-0.39, 0.29) is 17.4 Å². The smallest absolute Gasteiger partial charge is 0.343 e. The van der Waals surface area contributed by atoms with Crippen molar-refractivity contribution in [2.24, 2.45) is 0 Å². The second kappa shape index (κ2) is 20.5. The molecular weight excluding hydrogens is 563 g/mol. The molecule has 0 aromatic heterocycles. The van der Waals surface area contributed by atoms with Crippen molar-refractivity contribution in [2.75, 3.05) is 0 Å². The fraction of sp³-hybridized carbons (Fsp3) is 0.500. The van der Waals surface area contributed by atoms with Crippen LogP contribution in [0.4, 0.5) is 4.39 Å². The first-order valence-electron chi connectivity index (χ1n) is 17.3. The maximum atomic E-state index is 14.7. The Bertz CT molecular complexity index is 1280. The number of benzene rings is 3. The van der Waals surface area contributed by atoms with Gasteiger partial charge in [-0.25, -0.2) is 14.0 Å². The van der Waals surface area contributed by atoms with Gasteiger partial charge in [-0.3, -0.25) is 0 Å². The van der Waals surface area contributed by atoms with Crippen LogP contribution >= 0.6 is 0 Å². The first-order chi connectivity index (χ1) is 21.9. The average Bonchev–Trinajstić information content (AvgIpc) is 3.05. The normalized spacial score (nSPS) is 11.7. The molecule has 0 fully saturated rings. The predicted molar refractivity (Wildman–Crippen MR) is 182 cm³/mol. The molecule has 0 saturated carbocycles. The van der Waals surface area contributed by atoms with E-state index in [9.17, 15) is 14.0 Å². The Morgan fingerprint density at radius 3 is 1.71 bits per heavy atom. The third-order valence-corrected chi connectivity index (χ3v) is 8.37. The topological polar surface area (TPSA) is 52.6 Å². The molecular formula is C40H53FO4. The zero-order valence-corrected chi connectivity index (χ0v) is 27.8. The van der Waals surface area contributed by atoms with Crippen molar-refractivity contribution < 1.29 is 23.5 Å². The second-order valence-electron chi connectivity index (χ2n) is 12.3. The summed E-state index contributed by atoms with van der Waals surface area (Å²) < 4.78 is 25.5. The molecule has 0 saturated heterocycles. The lowest BCUT2D eigenvalue weighted by Gasteiger charge is -2.13. The summed E-state index contributed by atoms with van der Waals surface area (Å²) in [4.78, 5) is 25.2. The minimum atomic E-state index is -0.789. The molecule has 0 aliphatic carbocycles. The van der Waals surface area contributed by atoms with Gasteiger partial charge in [-0.05, 0) is 79.6 Å². The number of ether oxygens (including phenoxy) is 2. The molecule has 0 aliphatic heterocycles. The molecule has 1 unspecified atom stereocenters. The van der Waals surface area contributed by atoms with Crippen molar-refractivity contribution in [3.8, 4) is 16.9 Å². The third-order valence-electron chi connectivity index (χ3n) is 8.37. The number of unbranched alkanes of at least 4 members (excludes halogenated alkanes) is 12. The fourth-order valence-electron chi connectivity index (χ4n) is 5.52. The van der Waals surface area contributed by atoms with Gasteiger partial charge in [0.1, 0.15) is 0 Å². The molecule has 0 N–H and O–H groups in total. The van der Waals surface area contributed by atoms with Gasteiger partial charge in [0, 0.05) is 0 Å². The van der Waals surface area contributed by atoms with E-state index < -0.39 is 17.8 Å². The molecule has 3 aromatic rings. The van der Waals surface area contributed by atoms with Crippen LogP contribution < -0.4 is 4.74 Å². The predicted octanol–water partition coefficient (Wildman–Crippen LogP) is 11.7. The Morgan fingerprint density at radius 1 is 0.622 bits per heavy atom. The molecule has 0 bridgehead atoms. The maximum absolute atomic E-state index is 14.7. The van der Waals surface area contributed by atoms with Crippen LogP contribution in [0.5, 0.6) is 5.75 Å². The summed E-state index contributed by atoms with van der Waals surface area (Å²) in [5.41, 5.74) is 3.82. The second-order valence-corrected chi connectivity index (χ2v) is 12.3. The molecule has 5 heteroatoms. The molecule has 3 aromatic carbocycles. The molecule has 4 nitrogen and oxygen atoms in total. The Kier molecular flexibility index (Phi) is 16.4. The molecule has 0 spiro atoms. The van der Waals surface area contributed by atoms with Crippen molar-refractivity contribution in [1.29, 1.82) is 0 Å². The number of hydrogen-bond acceptors (Lipinski definition) is 4. The third kappa shape index (κ3) is 13.2. The largest absolute Gasteiger partial charge is 0.459 e. The van der Waals surface area contributed by atoms with Crippen LogP contribution in [0, 0.1) is 5.82 Å². The summed E-state index contributed by atoms with van der Waals surface area (Å²) in [5, 5.41) is 0. The quantitative estimate of drug-likeness (QED) is 0.0679. The number of hydrogen-bond donors (Lipinski definition) is 0. The first-order valence-corrected chi connectivity index (χ1v) is 17.3. The number of aryl methyl sites for hydroxylation is 1. The monoisotopic (exact) mass is 616 g/mol. The van der Waals surface area contributed by atoms with Gasteiger partial charge in [-0.1, -0.05) is 127 Å². The van der Waals surface area contributed by atoms with E-state index in [1.54, 1.807) is 12.1 Å². The van der Waals surface area contributed by atoms with Gasteiger partial charge in [0.25, 0.3) is 0 Å². The van der Waals surface area contributed by atoms with Crippen molar-refractivity contribution >= 4 is 11.9 Å². The standard InChI is InChI=1S/C40H53FO4/c1-4-6-8-10-11-12-13-14-15-17-19-32-20-22-33(23-21-32)34-24-26-35(27-25-34)39(42)45-38-29-28-36(30-37(38)41)40(43)44-31(3)18-16-9-7-5-2/h20-31H,4-19H2,1-3H3. The van der Waals surface area contributed by atoms with Crippen molar-refractivity contribution in [3.63, 3.8) is 0 Å². The highest BCUT2D eigenvalue weighted by Crippen LogP contribution is 2.24. The van der Waals surface area contributed by atoms with Gasteiger partial charge in [0.15, 0.2) is 11.6 Å². The number of rotatable bonds is 21. The van der Waals surface area contributed by atoms with E-state index in [0.29, 0.717) is 5.56 Å². The number of halogens is 1. The SMILES string of the molecule is CCCCCCCCCCCCc1ccc(-c2ccc(C(=O)Oc3ccc(C(=O)OC(C)CCCCCC)cc3F)cc2)cc1. The summed E-state index contributed by atoms with van der Waals surface area (Å²) in [6, 6.07) is 19.5. The zero-order chi connectivity index (χ0) is 32.3. The number of carbonyl (C=O) groups is 2. The van der Waals surface area contributed by atoms with Gasteiger partial charge in [-0.15, -0.1) is 0 Å². The molecule has 0 aliphatic rings. The van der Waals surface area contributed by atoms with Crippen molar-refractivity contribution in [1.82, 2.24) is 0 Å². The fourth-order valence-corrected chi connectivity index (χ4v) is 5.52. The van der Waals surface area contributed by atoms with Crippen LogP contribution in [0.3, 0.4) is 0 Å². The first kappa shape index (κ1) is 36.0. The van der Waals surface area contributed by atoms with Crippen LogP contribution in [0.1, 0.15) is 143 Å². The molecule has 0 radical (unpaired) electrons. The van der Waals surface area contributed by atoms with E-state index in [2.05, 4.69) is 38.1 Å². The zero-order valence-electron chi connectivity index (χ0n) is 27.8. The highest BCUT2D eigenvalue weighted by Gasteiger charge is 2.17. The van der Waals surface area contributed by atoms with Crippen LogP contribution in [0.15, 0.2) is 66.7 Å². The Hall–Kier alpha value is -3.47. The van der Waals surface area contributed by atoms with Gasteiger partial charge >= 0.3 is 11.9 Å². The van der Waals surface area contributed by atoms with Crippen molar-refractivity contribution in [3.05, 3.63) is 89.2 Å². The van der Waals surface area contributed by atoms with E-state index in [1.165, 1.54) is 81.9 Å². The average molecular weight is 617 g/mol. The summed E-state index contributed by atoms with van der Waals surface area (Å²) in [7, 11) is 0. The summed E-state index contributed by atoms with van der Waals surface area (Å²) in [5.74, 6) is -2.27. The lowest BCUT2D eigenvalue weighted by molar-refractivity contribution is 0.0319. The molecule has 3 rings (SSSR count). The lowest BCUT2D eigenvalue weighted by atomic mass is 10.00. The Morgan fingerprint density at radius 2 is 1.13 bits per heavy atom. The van der Waals surface area contributed by atoms with E-state index in [4.69, 9.17) is 9.47 Å². The summed E-state index contributed by atoms with van der Waals surface area (Å²) in [6.45, 7) is 6.25. The minimum Gasteiger partial charge on any atom is -0.459 e. The maximum Gasteiger partial charge on any atom is 0.343 e.